The van der Waals surface area contributed by atoms with Gasteiger partial charge in [-0.3, -0.25) is 19.3 Å². The summed E-state index contributed by atoms with van der Waals surface area (Å²) in [5, 5.41) is 5.71. The van der Waals surface area contributed by atoms with Crippen LogP contribution in [0.3, 0.4) is 0 Å². The van der Waals surface area contributed by atoms with Crippen LogP contribution in [-0.2, 0) is 11.0 Å². The number of para-hydroxylation sites is 1. The van der Waals surface area contributed by atoms with Gasteiger partial charge < -0.3 is 15.1 Å². The van der Waals surface area contributed by atoms with E-state index in [1.807, 2.05) is 32.0 Å². The summed E-state index contributed by atoms with van der Waals surface area (Å²) in [6.07, 6.45) is -3.04. The molecule has 4 aromatic rings. The van der Waals surface area contributed by atoms with E-state index < -0.39 is 11.7 Å². The number of amides is 3. The molecule has 2 aliphatic rings. The van der Waals surface area contributed by atoms with Crippen LogP contribution >= 0.6 is 11.3 Å². The second-order valence-corrected chi connectivity index (χ2v) is 13.5. The number of carbonyl (C=O) groups excluding carboxylic acids is 3. The third-order valence-corrected chi connectivity index (χ3v) is 10.3. The van der Waals surface area contributed by atoms with Crippen LogP contribution in [0.5, 0.6) is 0 Å². The van der Waals surface area contributed by atoms with E-state index in [0.29, 0.717) is 74.5 Å². The van der Waals surface area contributed by atoms with Crippen molar-refractivity contribution in [1.82, 2.24) is 19.7 Å². The standard InChI is InChI=1S/C37H38F3N5O3S/c1-24-6-5-7-25(2)33(24)42-32(46)22-43-18-20-45(21-19-43)36(48)31-23-49-34(41-31)27-14-16-44(17-15-27)35(47)30-9-4-3-8-29(30)26-10-12-28(13-11-26)37(38,39)40/h3-13,23,27H,14-22H2,1-2H3,(H,42,46). The Morgan fingerprint density at radius 3 is 2.10 bits per heavy atom. The van der Waals surface area contributed by atoms with E-state index in [2.05, 4.69) is 10.2 Å². The Labute approximate surface area is 287 Å². The number of nitrogens with one attached hydrogen (secondary N) is 1. The maximum Gasteiger partial charge on any atom is 0.416 e. The molecule has 0 bridgehead atoms. The molecule has 1 aromatic heterocycles. The first kappa shape index (κ1) is 34.3. The minimum atomic E-state index is -4.43. The number of rotatable bonds is 7. The zero-order chi connectivity index (χ0) is 34.7. The first-order valence-corrected chi connectivity index (χ1v) is 17.2. The molecule has 0 spiro atoms. The highest BCUT2D eigenvalue weighted by molar-refractivity contribution is 7.09. The van der Waals surface area contributed by atoms with Crippen LogP contribution in [0.4, 0.5) is 18.9 Å². The van der Waals surface area contributed by atoms with Crippen molar-refractivity contribution >= 4 is 34.7 Å². The Hall–Kier alpha value is -4.55. The lowest BCUT2D eigenvalue weighted by Gasteiger charge is -2.34. The quantitative estimate of drug-likeness (QED) is 0.229. The zero-order valence-corrected chi connectivity index (χ0v) is 28.2. The monoisotopic (exact) mass is 689 g/mol. The number of anilines is 1. The van der Waals surface area contributed by atoms with Crippen molar-refractivity contribution in [3.63, 3.8) is 0 Å². The minimum Gasteiger partial charge on any atom is -0.339 e. The van der Waals surface area contributed by atoms with Gasteiger partial charge in [-0.2, -0.15) is 13.2 Å². The SMILES string of the molecule is Cc1cccc(C)c1NC(=O)CN1CCN(C(=O)c2csc(C3CCN(C(=O)c4ccccc4-c4ccc(C(F)(F)F)cc4)CC3)n2)CC1. The van der Waals surface area contributed by atoms with Gasteiger partial charge in [-0.1, -0.05) is 48.5 Å². The second kappa shape index (κ2) is 14.5. The highest BCUT2D eigenvalue weighted by Gasteiger charge is 2.32. The van der Waals surface area contributed by atoms with Crippen LogP contribution in [0, 0.1) is 13.8 Å². The maximum absolute atomic E-state index is 13.6. The van der Waals surface area contributed by atoms with Crippen LogP contribution in [0.2, 0.25) is 0 Å². The number of hydrogen-bond acceptors (Lipinski definition) is 6. The molecule has 1 N–H and O–H groups in total. The molecule has 2 saturated heterocycles. The number of thiazole rings is 1. The molecule has 3 aromatic carbocycles. The van der Waals surface area contributed by atoms with Crippen molar-refractivity contribution in [1.29, 1.82) is 0 Å². The molecule has 6 rings (SSSR count). The second-order valence-electron chi connectivity index (χ2n) is 12.6. The van der Waals surface area contributed by atoms with Crippen molar-refractivity contribution in [3.05, 3.63) is 105 Å². The fourth-order valence-corrected chi connectivity index (χ4v) is 7.46. The number of aryl methyl sites for hydroxylation is 2. The van der Waals surface area contributed by atoms with E-state index >= 15 is 0 Å². The molecule has 0 unspecified atom stereocenters. The largest absolute Gasteiger partial charge is 0.416 e. The molecule has 256 valence electrons. The Kier molecular flexibility index (Phi) is 10.2. The van der Waals surface area contributed by atoms with Gasteiger partial charge in [-0.25, -0.2) is 4.98 Å². The first-order chi connectivity index (χ1) is 23.5. The summed E-state index contributed by atoms with van der Waals surface area (Å²) >= 11 is 1.46. The van der Waals surface area contributed by atoms with Gasteiger partial charge in [0.2, 0.25) is 5.91 Å². The van der Waals surface area contributed by atoms with Crippen LogP contribution in [0.15, 0.2) is 72.1 Å². The molecule has 3 amide bonds. The van der Waals surface area contributed by atoms with Gasteiger partial charge >= 0.3 is 6.18 Å². The normalized spacial score (nSPS) is 16.1. The number of benzene rings is 3. The molecule has 0 aliphatic carbocycles. The predicted octanol–water partition coefficient (Wildman–Crippen LogP) is 6.86. The lowest BCUT2D eigenvalue weighted by Crippen LogP contribution is -2.50. The summed E-state index contributed by atoms with van der Waals surface area (Å²) in [5.74, 6) is -0.231. The number of piperazine rings is 1. The number of piperidine rings is 1. The van der Waals surface area contributed by atoms with Crippen LogP contribution in [0.25, 0.3) is 11.1 Å². The Bertz CT molecular complexity index is 1810. The number of hydrogen-bond donors (Lipinski definition) is 1. The number of aromatic nitrogens is 1. The highest BCUT2D eigenvalue weighted by atomic mass is 32.1. The van der Waals surface area contributed by atoms with E-state index in [-0.39, 0.29) is 30.2 Å². The summed E-state index contributed by atoms with van der Waals surface area (Å²) in [6.45, 7) is 7.43. The molecule has 8 nitrogen and oxygen atoms in total. The van der Waals surface area contributed by atoms with Crippen molar-refractivity contribution in [2.24, 2.45) is 0 Å². The molecule has 49 heavy (non-hydrogen) atoms. The van der Waals surface area contributed by atoms with E-state index in [1.165, 1.54) is 23.5 Å². The molecule has 0 atom stereocenters. The van der Waals surface area contributed by atoms with Crippen molar-refractivity contribution in [2.75, 3.05) is 51.1 Å². The number of nitrogens with zero attached hydrogens (tertiary/aromatic N) is 4. The lowest BCUT2D eigenvalue weighted by molar-refractivity contribution is -0.137. The zero-order valence-electron chi connectivity index (χ0n) is 27.4. The Morgan fingerprint density at radius 1 is 0.816 bits per heavy atom. The fraction of sp³-hybridized carbons (Fsp3) is 0.351. The van der Waals surface area contributed by atoms with Crippen LogP contribution < -0.4 is 5.32 Å². The summed E-state index contributed by atoms with van der Waals surface area (Å²) in [6, 6.07) is 17.8. The van der Waals surface area contributed by atoms with Gasteiger partial charge in [0.25, 0.3) is 11.8 Å². The third kappa shape index (κ3) is 7.86. The summed E-state index contributed by atoms with van der Waals surface area (Å²) < 4.78 is 39.2. The Morgan fingerprint density at radius 2 is 1.45 bits per heavy atom. The molecule has 12 heteroatoms. The van der Waals surface area contributed by atoms with E-state index in [1.54, 1.807) is 39.4 Å². The van der Waals surface area contributed by atoms with Gasteiger partial charge in [0.05, 0.1) is 17.1 Å². The van der Waals surface area contributed by atoms with E-state index in [9.17, 15) is 27.6 Å². The maximum atomic E-state index is 13.6. The van der Waals surface area contributed by atoms with Crippen molar-refractivity contribution in [2.45, 2.75) is 38.8 Å². The first-order valence-electron chi connectivity index (χ1n) is 16.4. The molecule has 0 saturated carbocycles. The smallest absolute Gasteiger partial charge is 0.339 e. The summed E-state index contributed by atoms with van der Waals surface area (Å²) in [5.41, 5.74) is 4.16. The average Bonchev–Trinajstić information content (AvgIpc) is 3.60. The van der Waals surface area contributed by atoms with Gasteiger partial charge in [0.1, 0.15) is 5.69 Å². The topological polar surface area (TPSA) is 85.9 Å². The third-order valence-electron chi connectivity index (χ3n) is 9.33. The lowest BCUT2D eigenvalue weighted by atomic mass is 9.94. The van der Waals surface area contributed by atoms with Gasteiger partial charge in [-0.05, 0) is 67.1 Å². The van der Waals surface area contributed by atoms with Crippen molar-refractivity contribution in [3.8, 4) is 11.1 Å². The molecule has 2 aliphatic heterocycles. The van der Waals surface area contributed by atoms with Crippen LogP contribution in [0.1, 0.15) is 61.3 Å². The number of carbonyl (C=O) groups is 3. The molecule has 0 radical (unpaired) electrons. The van der Waals surface area contributed by atoms with Gasteiger partial charge in [0, 0.05) is 61.8 Å². The molecule has 3 heterocycles. The predicted molar refractivity (Wildman–Crippen MR) is 184 cm³/mol. The number of alkyl halides is 3. The molecular weight excluding hydrogens is 652 g/mol. The van der Waals surface area contributed by atoms with Gasteiger partial charge in [-0.15, -0.1) is 11.3 Å². The van der Waals surface area contributed by atoms with E-state index in [4.69, 9.17) is 4.98 Å². The van der Waals surface area contributed by atoms with E-state index in [0.717, 1.165) is 34.0 Å². The molecule has 2 fully saturated rings. The number of halogens is 3. The van der Waals surface area contributed by atoms with Gasteiger partial charge in [0.15, 0.2) is 0 Å². The summed E-state index contributed by atoms with van der Waals surface area (Å²) in [4.78, 5) is 49.9. The van der Waals surface area contributed by atoms with Crippen LogP contribution in [-0.4, -0.2) is 83.2 Å². The highest BCUT2D eigenvalue weighted by Crippen LogP contribution is 2.34. The minimum absolute atomic E-state index is 0.0718. The molecular formula is C37H38F3N5O3S. The van der Waals surface area contributed by atoms with Crippen molar-refractivity contribution < 1.29 is 27.6 Å². The Balaban J connectivity index is 1.00. The number of likely N-dealkylation sites (tertiary alicyclic amines) is 1. The average molecular weight is 690 g/mol. The summed E-state index contributed by atoms with van der Waals surface area (Å²) in [7, 11) is 0. The fourth-order valence-electron chi connectivity index (χ4n) is 6.50.